The van der Waals surface area contributed by atoms with Gasteiger partial charge in [0.05, 0.1) is 0 Å². The van der Waals surface area contributed by atoms with E-state index in [1.165, 1.54) is 18.3 Å². The average Bonchev–Trinajstić information content (AvgIpc) is 2.39. The van der Waals surface area contributed by atoms with Crippen molar-refractivity contribution in [3.05, 3.63) is 29.6 Å². The number of carbonyl (C=O) groups is 2. The molecule has 0 aromatic carbocycles. The van der Waals surface area contributed by atoms with E-state index in [1.54, 1.807) is 0 Å². The Labute approximate surface area is 110 Å². The zero-order valence-electron chi connectivity index (χ0n) is 10.7. The minimum absolute atomic E-state index is 0.134. The number of aromatic carboxylic acids is 1. The van der Waals surface area contributed by atoms with Crippen LogP contribution in [0.15, 0.2) is 18.3 Å². The summed E-state index contributed by atoms with van der Waals surface area (Å²) in [7, 11) is 0. The molecule has 19 heavy (non-hydrogen) atoms. The summed E-state index contributed by atoms with van der Waals surface area (Å²) in [5.41, 5.74) is -0.132. The molecule has 0 bridgehead atoms. The zero-order chi connectivity index (χ0) is 13.9. The summed E-state index contributed by atoms with van der Waals surface area (Å²) in [4.78, 5) is 26.6. The van der Waals surface area contributed by atoms with E-state index < -0.39 is 5.97 Å². The Bertz CT molecular complexity index is 495. The molecule has 2 rings (SSSR count). The lowest BCUT2D eigenvalue weighted by Gasteiger charge is -2.34. The van der Waals surface area contributed by atoms with Crippen LogP contribution < -0.4 is 5.32 Å². The predicted molar refractivity (Wildman–Crippen MR) is 67.1 cm³/mol. The monoisotopic (exact) mass is 264 g/mol. The van der Waals surface area contributed by atoms with E-state index in [0.29, 0.717) is 18.8 Å². The minimum Gasteiger partial charge on any atom is -0.477 e. The highest BCUT2D eigenvalue weighted by Crippen LogP contribution is 2.20. The van der Waals surface area contributed by atoms with Gasteiger partial charge in [0.1, 0.15) is 5.69 Å². The maximum atomic E-state index is 12.1. The number of aromatic nitrogens is 1. The molecule has 6 nitrogen and oxygen atoms in total. The fourth-order valence-corrected chi connectivity index (χ4v) is 1.98. The number of carboxylic acid groups (broad SMARTS) is 1. The Morgan fingerprint density at radius 1 is 1.42 bits per heavy atom. The number of amides is 1. The first kappa shape index (κ1) is 13.5. The number of carbonyl (C=O) groups excluding carboxylic acids is 1. The van der Waals surface area contributed by atoms with Crippen LogP contribution in [-0.2, 0) is 4.74 Å². The Morgan fingerprint density at radius 2 is 2.11 bits per heavy atom. The SMILES string of the molecule is CC1(NC(=O)c2ccnc(C(=O)O)c2)CCOCC1. The lowest BCUT2D eigenvalue weighted by molar-refractivity contribution is 0.0423. The second-order valence-corrected chi connectivity index (χ2v) is 4.86. The van der Waals surface area contributed by atoms with Crippen molar-refractivity contribution in [3.63, 3.8) is 0 Å². The smallest absolute Gasteiger partial charge is 0.354 e. The van der Waals surface area contributed by atoms with Gasteiger partial charge in [0.2, 0.25) is 0 Å². The third-order valence-corrected chi connectivity index (χ3v) is 3.25. The van der Waals surface area contributed by atoms with E-state index in [0.717, 1.165) is 12.8 Å². The number of rotatable bonds is 3. The van der Waals surface area contributed by atoms with Gasteiger partial charge in [0, 0.05) is 30.5 Å². The molecule has 1 saturated heterocycles. The molecule has 102 valence electrons. The number of hydrogen-bond acceptors (Lipinski definition) is 4. The molecule has 0 unspecified atom stereocenters. The van der Waals surface area contributed by atoms with Crippen LogP contribution in [0.4, 0.5) is 0 Å². The molecular formula is C13H16N2O4. The third-order valence-electron chi connectivity index (χ3n) is 3.25. The van der Waals surface area contributed by atoms with Gasteiger partial charge in [-0.3, -0.25) is 4.79 Å². The molecule has 1 amide bonds. The van der Waals surface area contributed by atoms with Gasteiger partial charge in [-0.2, -0.15) is 0 Å². The first-order valence-corrected chi connectivity index (χ1v) is 6.10. The number of nitrogens with zero attached hydrogens (tertiary/aromatic N) is 1. The molecule has 1 aromatic heterocycles. The fraction of sp³-hybridized carbons (Fsp3) is 0.462. The quantitative estimate of drug-likeness (QED) is 0.852. The number of carboxylic acids is 1. The Morgan fingerprint density at radius 3 is 2.74 bits per heavy atom. The average molecular weight is 264 g/mol. The van der Waals surface area contributed by atoms with Crippen molar-refractivity contribution in [2.75, 3.05) is 13.2 Å². The van der Waals surface area contributed by atoms with Crippen molar-refractivity contribution in [2.45, 2.75) is 25.3 Å². The van der Waals surface area contributed by atoms with Gasteiger partial charge < -0.3 is 15.2 Å². The standard InChI is InChI=1S/C13H16N2O4/c1-13(3-6-19-7-4-13)15-11(16)9-2-5-14-10(8-9)12(17)18/h2,5,8H,3-4,6-7H2,1H3,(H,15,16)(H,17,18). The van der Waals surface area contributed by atoms with Crippen LogP contribution >= 0.6 is 0 Å². The number of nitrogens with one attached hydrogen (secondary N) is 1. The normalized spacial score (nSPS) is 17.7. The van der Waals surface area contributed by atoms with E-state index in [1.807, 2.05) is 6.92 Å². The molecule has 1 aliphatic rings. The number of pyridine rings is 1. The second-order valence-electron chi connectivity index (χ2n) is 4.86. The first-order chi connectivity index (χ1) is 9.00. The summed E-state index contributed by atoms with van der Waals surface area (Å²) in [6.07, 6.45) is 2.82. The van der Waals surface area contributed by atoms with Gasteiger partial charge in [0.25, 0.3) is 5.91 Å². The van der Waals surface area contributed by atoms with E-state index in [4.69, 9.17) is 9.84 Å². The molecule has 0 atom stereocenters. The summed E-state index contributed by atoms with van der Waals surface area (Å²) in [5, 5.41) is 11.8. The van der Waals surface area contributed by atoms with E-state index >= 15 is 0 Å². The molecule has 1 fully saturated rings. The number of hydrogen-bond donors (Lipinski definition) is 2. The van der Waals surface area contributed by atoms with Crippen LogP contribution in [0, 0.1) is 0 Å². The molecule has 1 aliphatic heterocycles. The molecule has 2 N–H and O–H groups in total. The topological polar surface area (TPSA) is 88.5 Å². The van der Waals surface area contributed by atoms with Gasteiger partial charge in [-0.25, -0.2) is 9.78 Å². The van der Waals surface area contributed by atoms with Crippen LogP contribution in [0.25, 0.3) is 0 Å². The van der Waals surface area contributed by atoms with Gasteiger partial charge >= 0.3 is 5.97 Å². The van der Waals surface area contributed by atoms with Gasteiger partial charge in [0.15, 0.2) is 0 Å². The molecule has 6 heteroatoms. The van der Waals surface area contributed by atoms with Crippen molar-refractivity contribution in [1.82, 2.24) is 10.3 Å². The van der Waals surface area contributed by atoms with Crippen molar-refractivity contribution in [3.8, 4) is 0 Å². The highest BCUT2D eigenvalue weighted by Gasteiger charge is 2.29. The van der Waals surface area contributed by atoms with Crippen LogP contribution in [0.5, 0.6) is 0 Å². The number of ether oxygens (including phenoxy) is 1. The molecule has 0 spiro atoms. The molecule has 1 aromatic rings. The maximum Gasteiger partial charge on any atom is 0.354 e. The summed E-state index contributed by atoms with van der Waals surface area (Å²) in [5.74, 6) is -1.43. The summed E-state index contributed by atoms with van der Waals surface area (Å²) in [6.45, 7) is 3.20. The summed E-state index contributed by atoms with van der Waals surface area (Å²) in [6, 6.07) is 2.78. The Kier molecular flexibility index (Phi) is 3.80. The minimum atomic E-state index is -1.15. The largest absolute Gasteiger partial charge is 0.477 e. The fourth-order valence-electron chi connectivity index (χ4n) is 1.98. The van der Waals surface area contributed by atoms with Crippen molar-refractivity contribution >= 4 is 11.9 Å². The molecule has 2 heterocycles. The Balaban J connectivity index is 2.11. The first-order valence-electron chi connectivity index (χ1n) is 6.10. The van der Waals surface area contributed by atoms with Crippen LogP contribution in [-0.4, -0.2) is 40.7 Å². The van der Waals surface area contributed by atoms with Crippen molar-refractivity contribution in [1.29, 1.82) is 0 Å². The van der Waals surface area contributed by atoms with Gasteiger partial charge in [-0.05, 0) is 31.9 Å². The van der Waals surface area contributed by atoms with E-state index in [2.05, 4.69) is 10.3 Å². The molecule has 0 aliphatic carbocycles. The van der Waals surface area contributed by atoms with Crippen molar-refractivity contribution < 1.29 is 19.4 Å². The summed E-state index contributed by atoms with van der Waals surface area (Å²) >= 11 is 0. The van der Waals surface area contributed by atoms with E-state index in [-0.39, 0.29) is 17.1 Å². The van der Waals surface area contributed by atoms with Crippen LogP contribution in [0.2, 0.25) is 0 Å². The third kappa shape index (κ3) is 3.29. The van der Waals surface area contributed by atoms with Crippen LogP contribution in [0.3, 0.4) is 0 Å². The lowest BCUT2D eigenvalue weighted by atomic mass is 9.92. The Hall–Kier alpha value is -1.95. The van der Waals surface area contributed by atoms with Crippen LogP contribution in [0.1, 0.15) is 40.6 Å². The van der Waals surface area contributed by atoms with Gasteiger partial charge in [-0.1, -0.05) is 0 Å². The lowest BCUT2D eigenvalue weighted by Crippen LogP contribution is -2.49. The van der Waals surface area contributed by atoms with Crippen molar-refractivity contribution in [2.24, 2.45) is 0 Å². The maximum absolute atomic E-state index is 12.1. The predicted octanol–water partition coefficient (Wildman–Crippen LogP) is 1.08. The molecule has 0 radical (unpaired) electrons. The molecular weight excluding hydrogens is 248 g/mol. The molecule has 0 saturated carbocycles. The van der Waals surface area contributed by atoms with E-state index in [9.17, 15) is 9.59 Å². The highest BCUT2D eigenvalue weighted by atomic mass is 16.5. The highest BCUT2D eigenvalue weighted by molar-refractivity contribution is 5.97. The summed E-state index contributed by atoms with van der Waals surface area (Å²) < 4.78 is 5.26. The zero-order valence-corrected chi connectivity index (χ0v) is 10.7. The second kappa shape index (κ2) is 5.36. The van der Waals surface area contributed by atoms with Gasteiger partial charge in [-0.15, -0.1) is 0 Å².